The Labute approximate surface area is 260 Å². The van der Waals surface area contributed by atoms with E-state index < -0.39 is 6.10 Å². The molecule has 0 amide bonds. The maximum Gasteiger partial charge on any atom is 0.150 e. The lowest BCUT2D eigenvalue weighted by Crippen LogP contribution is -2.56. The van der Waals surface area contributed by atoms with Gasteiger partial charge in [-0.3, -0.25) is 9.74 Å². The first-order valence-corrected chi connectivity index (χ1v) is 16.9. The lowest BCUT2D eigenvalue weighted by Gasteiger charge is -2.42. The molecule has 2 aliphatic rings. The van der Waals surface area contributed by atoms with Crippen molar-refractivity contribution in [2.24, 2.45) is 11.8 Å². The predicted molar refractivity (Wildman–Crippen MR) is 173 cm³/mol. The summed E-state index contributed by atoms with van der Waals surface area (Å²) in [4.78, 5) is 38.3. The SMILES string of the molecule is Cc1ccc(SN2CCC(CCCN(OC(C=O)CC(C)C)C(CN(C)C3CCN(C)CC3)N(C)CC=O)CC2)cc1. The summed E-state index contributed by atoms with van der Waals surface area (Å²) in [6, 6.07) is 9.31. The molecule has 2 heterocycles. The number of likely N-dealkylation sites (N-methyl/N-ethyl adjacent to an activating group) is 2. The van der Waals surface area contributed by atoms with E-state index in [-0.39, 0.29) is 6.17 Å². The molecule has 2 fully saturated rings. The van der Waals surface area contributed by atoms with E-state index in [9.17, 15) is 9.59 Å². The monoisotopic (exact) mass is 603 g/mol. The third kappa shape index (κ3) is 12.0. The van der Waals surface area contributed by atoms with Gasteiger partial charge in [-0.2, -0.15) is 5.06 Å². The van der Waals surface area contributed by atoms with Gasteiger partial charge in [-0.25, -0.2) is 4.31 Å². The zero-order chi connectivity index (χ0) is 30.5. The average Bonchev–Trinajstić information content (AvgIpc) is 2.97. The number of hydrogen-bond acceptors (Lipinski definition) is 9. The Bertz CT molecular complexity index is 903. The summed E-state index contributed by atoms with van der Waals surface area (Å²) in [7, 11) is 6.38. The van der Waals surface area contributed by atoms with Crippen LogP contribution in [0.15, 0.2) is 29.2 Å². The Morgan fingerprint density at radius 2 is 1.69 bits per heavy atom. The molecule has 0 bridgehead atoms. The minimum atomic E-state index is -0.479. The van der Waals surface area contributed by atoms with E-state index in [4.69, 9.17) is 4.84 Å². The number of aldehydes is 2. The van der Waals surface area contributed by atoms with Gasteiger partial charge >= 0.3 is 0 Å². The molecule has 2 unspecified atom stereocenters. The molecule has 0 radical (unpaired) electrons. The zero-order valence-electron chi connectivity index (χ0n) is 27.1. The molecule has 8 nitrogen and oxygen atoms in total. The van der Waals surface area contributed by atoms with Crippen molar-refractivity contribution >= 4 is 24.5 Å². The molecule has 2 aliphatic heterocycles. The first-order chi connectivity index (χ1) is 20.2. The molecule has 1 aromatic carbocycles. The maximum atomic E-state index is 12.1. The molecule has 2 atom stereocenters. The standard InChI is InChI=1S/C33H57N5O3S/c1-27(2)24-31(26-40)41-38(33(35(5)22-23-39)25-36(6)30-15-18-34(4)19-16-30)17-7-8-29-13-20-37(21-14-29)42-32-11-9-28(3)10-12-32/h9-12,23,26-27,29-31,33H,7-8,13-22,24-25H2,1-6H3. The first-order valence-electron chi connectivity index (χ1n) is 16.1. The number of piperidine rings is 2. The summed E-state index contributed by atoms with van der Waals surface area (Å²) in [5.74, 6) is 1.06. The molecule has 0 saturated carbocycles. The summed E-state index contributed by atoms with van der Waals surface area (Å²) in [6.45, 7) is 12.6. The Hall–Kier alpha value is -1.33. The highest BCUT2D eigenvalue weighted by atomic mass is 32.2. The van der Waals surface area contributed by atoms with Gasteiger partial charge in [-0.1, -0.05) is 31.5 Å². The van der Waals surface area contributed by atoms with Crippen LogP contribution in [0.3, 0.4) is 0 Å². The molecule has 0 aromatic heterocycles. The number of aryl methyl sites for hydroxylation is 1. The van der Waals surface area contributed by atoms with Crippen LogP contribution >= 0.6 is 11.9 Å². The predicted octanol–water partition coefficient (Wildman–Crippen LogP) is 4.82. The number of carbonyl (C=O) groups is 2. The van der Waals surface area contributed by atoms with E-state index in [0.717, 1.165) is 77.5 Å². The fourth-order valence-corrected chi connectivity index (χ4v) is 7.09. The minimum absolute atomic E-state index is 0.109. The highest BCUT2D eigenvalue weighted by molar-refractivity contribution is 7.97. The summed E-state index contributed by atoms with van der Waals surface area (Å²) in [5.41, 5.74) is 1.30. The van der Waals surface area contributed by atoms with Crippen LogP contribution in [0.2, 0.25) is 0 Å². The highest BCUT2D eigenvalue weighted by Gasteiger charge is 2.31. The Morgan fingerprint density at radius 3 is 2.29 bits per heavy atom. The van der Waals surface area contributed by atoms with Crippen LogP contribution in [0.1, 0.15) is 64.4 Å². The number of hydroxylamine groups is 2. The van der Waals surface area contributed by atoms with E-state index in [1.165, 1.54) is 23.3 Å². The van der Waals surface area contributed by atoms with Crippen LogP contribution in [0.25, 0.3) is 0 Å². The topological polar surface area (TPSA) is 59.6 Å². The van der Waals surface area contributed by atoms with Gasteiger partial charge < -0.3 is 19.4 Å². The number of carbonyl (C=O) groups excluding carboxylic acids is 2. The summed E-state index contributed by atoms with van der Waals surface area (Å²) >= 11 is 1.88. The van der Waals surface area contributed by atoms with Crippen molar-refractivity contribution in [2.45, 2.75) is 88.9 Å². The van der Waals surface area contributed by atoms with Crippen molar-refractivity contribution in [3.8, 4) is 0 Å². The van der Waals surface area contributed by atoms with Gasteiger partial charge in [0.25, 0.3) is 0 Å². The van der Waals surface area contributed by atoms with Gasteiger partial charge in [0.05, 0.1) is 12.7 Å². The van der Waals surface area contributed by atoms with E-state index in [1.54, 1.807) is 0 Å². The molecular weight excluding hydrogens is 546 g/mol. The van der Waals surface area contributed by atoms with Crippen LogP contribution in [-0.2, 0) is 14.4 Å². The zero-order valence-corrected chi connectivity index (χ0v) is 27.9. The van der Waals surface area contributed by atoms with Gasteiger partial charge in [0.15, 0.2) is 6.29 Å². The van der Waals surface area contributed by atoms with E-state index in [2.05, 4.69) is 78.1 Å². The Balaban J connectivity index is 1.60. The summed E-state index contributed by atoms with van der Waals surface area (Å²) in [6.07, 6.45) is 8.86. The summed E-state index contributed by atoms with van der Waals surface area (Å²) in [5, 5.41) is 2.04. The second-order valence-electron chi connectivity index (χ2n) is 13.0. The highest BCUT2D eigenvalue weighted by Crippen LogP contribution is 2.30. The molecule has 42 heavy (non-hydrogen) atoms. The number of hydrogen-bond donors (Lipinski definition) is 0. The molecule has 238 valence electrons. The molecule has 9 heteroatoms. The van der Waals surface area contributed by atoms with E-state index in [1.807, 2.05) is 24.1 Å². The quantitative estimate of drug-likeness (QED) is 0.102. The van der Waals surface area contributed by atoms with Crippen molar-refractivity contribution in [3.63, 3.8) is 0 Å². The fraction of sp³-hybridized carbons (Fsp3) is 0.758. The van der Waals surface area contributed by atoms with E-state index in [0.29, 0.717) is 30.8 Å². The lowest BCUT2D eigenvalue weighted by atomic mass is 9.93. The van der Waals surface area contributed by atoms with E-state index >= 15 is 0 Å². The van der Waals surface area contributed by atoms with Crippen LogP contribution < -0.4 is 0 Å². The first kappa shape index (κ1) is 35.2. The van der Waals surface area contributed by atoms with Crippen molar-refractivity contribution in [1.82, 2.24) is 24.1 Å². The van der Waals surface area contributed by atoms with Crippen molar-refractivity contribution in [1.29, 1.82) is 0 Å². The second kappa shape index (κ2) is 18.5. The van der Waals surface area contributed by atoms with Crippen molar-refractivity contribution in [3.05, 3.63) is 29.8 Å². The van der Waals surface area contributed by atoms with Gasteiger partial charge in [-0.05, 0) is 122 Å². The fourth-order valence-electron chi connectivity index (χ4n) is 6.14. The van der Waals surface area contributed by atoms with Crippen LogP contribution in [0, 0.1) is 18.8 Å². The molecule has 1 aromatic rings. The Morgan fingerprint density at radius 1 is 1.02 bits per heavy atom. The maximum absolute atomic E-state index is 12.1. The van der Waals surface area contributed by atoms with Gasteiger partial charge in [0.1, 0.15) is 12.4 Å². The summed E-state index contributed by atoms with van der Waals surface area (Å²) < 4.78 is 2.50. The van der Waals surface area contributed by atoms with Crippen molar-refractivity contribution < 1.29 is 14.4 Å². The van der Waals surface area contributed by atoms with Crippen LogP contribution in [-0.4, -0.2) is 122 Å². The van der Waals surface area contributed by atoms with Crippen LogP contribution in [0.4, 0.5) is 0 Å². The van der Waals surface area contributed by atoms with Gasteiger partial charge in [0.2, 0.25) is 0 Å². The molecule has 3 rings (SSSR count). The third-order valence-corrected chi connectivity index (χ3v) is 10.0. The largest absolute Gasteiger partial charge is 0.306 e. The molecular formula is C33H57N5O3S. The minimum Gasteiger partial charge on any atom is -0.306 e. The molecule has 0 N–H and O–H groups in total. The van der Waals surface area contributed by atoms with Gasteiger partial charge in [0, 0.05) is 37.1 Å². The van der Waals surface area contributed by atoms with Gasteiger partial charge in [-0.15, -0.1) is 0 Å². The smallest absolute Gasteiger partial charge is 0.150 e. The normalized spacial score (nSPS) is 19.7. The number of rotatable bonds is 18. The molecule has 2 saturated heterocycles. The average molecular weight is 604 g/mol. The van der Waals surface area contributed by atoms with Crippen molar-refractivity contribution in [2.75, 3.05) is 67.0 Å². The number of likely N-dealkylation sites (tertiary alicyclic amines) is 1. The number of nitrogens with zero attached hydrogens (tertiary/aromatic N) is 5. The third-order valence-electron chi connectivity index (χ3n) is 8.91. The number of benzene rings is 1. The molecule has 0 spiro atoms. The Kier molecular flexibility index (Phi) is 15.5. The van der Waals surface area contributed by atoms with Crippen LogP contribution in [0.5, 0.6) is 0 Å². The second-order valence-corrected chi connectivity index (χ2v) is 14.2. The molecule has 0 aliphatic carbocycles. The lowest BCUT2D eigenvalue weighted by molar-refractivity contribution is -0.244.